The molecule has 224 valence electrons. The second-order valence-corrected chi connectivity index (χ2v) is 11.4. The van der Waals surface area contributed by atoms with Crippen molar-refractivity contribution in [2.24, 2.45) is 5.92 Å². The van der Waals surface area contributed by atoms with Crippen molar-refractivity contribution in [3.63, 3.8) is 0 Å². The Bertz CT molecular complexity index is 1960. The molecule has 44 heavy (non-hydrogen) atoms. The number of amides is 1. The highest BCUT2D eigenvalue weighted by molar-refractivity contribution is 5.97. The van der Waals surface area contributed by atoms with Gasteiger partial charge in [0, 0.05) is 60.5 Å². The number of carbonyl (C=O) groups excluding carboxylic acids is 1. The Morgan fingerprint density at radius 1 is 0.955 bits per heavy atom. The molecule has 0 fully saturated rings. The average molecular weight is 593 g/mol. The molecule has 0 aliphatic heterocycles. The van der Waals surface area contributed by atoms with Gasteiger partial charge in [-0.3, -0.25) is 19.9 Å². The number of halogens is 1. The zero-order valence-corrected chi connectivity index (χ0v) is 24.9. The van der Waals surface area contributed by atoms with Gasteiger partial charge < -0.3 is 20.5 Å². The first-order valence-electron chi connectivity index (χ1n) is 14.4. The summed E-state index contributed by atoms with van der Waals surface area (Å²) in [4.78, 5) is 35.8. The second-order valence-electron chi connectivity index (χ2n) is 11.4. The summed E-state index contributed by atoms with van der Waals surface area (Å²) < 4.78 is 14.7. The number of fused-ring (bicyclic) bond motifs is 2. The Labute approximate surface area is 253 Å². The molecule has 0 bridgehead atoms. The number of likely N-dealkylation sites (N-methyl/N-ethyl adjacent to an activating group) is 1. The zero-order chi connectivity index (χ0) is 30.8. The molecule has 5 aromatic heterocycles. The standard InChI is InChI=1S/C32H33FN10O/c1-18(2)7-28(44)38-24-10-20(13-34-15-24)21-11-25-30(41-42-31(25)37-14-21)32-39-27-17-35-16-26(29(27)40-32)19-8-22(33)12-23(9-19)36-5-6-43(3)4/h8-18,36H,5-7H2,1-4H3,(H,38,44)(H,39,40)(H,37,41,42). The number of hydrogen-bond acceptors (Lipinski definition) is 8. The van der Waals surface area contributed by atoms with Crippen LogP contribution in [-0.4, -0.2) is 73.1 Å². The molecule has 0 spiro atoms. The summed E-state index contributed by atoms with van der Waals surface area (Å²) in [6.07, 6.45) is 8.88. The number of H-pyrrole nitrogens is 2. The molecule has 0 aliphatic rings. The molecule has 6 aromatic rings. The molecule has 12 heteroatoms. The summed E-state index contributed by atoms with van der Waals surface area (Å²) >= 11 is 0. The number of pyridine rings is 3. The van der Waals surface area contributed by atoms with Gasteiger partial charge in [-0.2, -0.15) is 5.10 Å². The molecule has 4 N–H and O–H groups in total. The highest BCUT2D eigenvalue weighted by Crippen LogP contribution is 2.33. The minimum atomic E-state index is -0.348. The highest BCUT2D eigenvalue weighted by atomic mass is 19.1. The first-order chi connectivity index (χ1) is 21.2. The smallest absolute Gasteiger partial charge is 0.224 e. The Hall–Kier alpha value is -5.23. The summed E-state index contributed by atoms with van der Waals surface area (Å²) in [5, 5.41) is 14.4. The predicted molar refractivity (Wildman–Crippen MR) is 171 cm³/mol. The molecular weight excluding hydrogens is 559 g/mol. The van der Waals surface area contributed by atoms with Gasteiger partial charge in [-0.05, 0) is 55.9 Å². The van der Waals surface area contributed by atoms with E-state index in [4.69, 9.17) is 4.98 Å². The van der Waals surface area contributed by atoms with Crippen molar-refractivity contribution in [2.75, 3.05) is 37.8 Å². The molecule has 0 unspecified atom stereocenters. The van der Waals surface area contributed by atoms with E-state index in [2.05, 4.69) is 45.7 Å². The molecule has 0 saturated heterocycles. The van der Waals surface area contributed by atoms with Crippen LogP contribution in [0.2, 0.25) is 0 Å². The summed E-state index contributed by atoms with van der Waals surface area (Å²) in [7, 11) is 3.98. The first-order valence-corrected chi connectivity index (χ1v) is 14.4. The topological polar surface area (TPSA) is 140 Å². The van der Waals surface area contributed by atoms with Crippen LogP contribution in [0.25, 0.3) is 55.8 Å². The third-order valence-corrected chi connectivity index (χ3v) is 7.09. The summed E-state index contributed by atoms with van der Waals surface area (Å²) in [5.74, 6) is 0.394. The van der Waals surface area contributed by atoms with Gasteiger partial charge in [-0.15, -0.1) is 0 Å². The van der Waals surface area contributed by atoms with Crippen LogP contribution in [0, 0.1) is 11.7 Å². The third kappa shape index (κ3) is 6.25. The molecular formula is C32H33FN10O. The summed E-state index contributed by atoms with van der Waals surface area (Å²) in [6, 6.07) is 8.70. The first kappa shape index (κ1) is 28.9. The lowest BCUT2D eigenvalue weighted by atomic mass is 10.1. The highest BCUT2D eigenvalue weighted by Gasteiger charge is 2.17. The number of aromatic amines is 2. The van der Waals surface area contributed by atoms with E-state index in [-0.39, 0.29) is 17.6 Å². The molecule has 5 heterocycles. The molecule has 0 radical (unpaired) electrons. The van der Waals surface area contributed by atoms with Crippen molar-refractivity contribution in [3.8, 4) is 33.8 Å². The number of nitrogens with one attached hydrogen (secondary N) is 4. The fraction of sp³-hybridized carbons (Fsp3) is 0.250. The van der Waals surface area contributed by atoms with E-state index in [1.165, 1.54) is 12.1 Å². The lowest BCUT2D eigenvalue weighted by Crippen LogP contribution is -2.20. The minimum Gasteiger partial charge on any atom is -0.384 e. The fourth-order valence-corrected chi connectivity index (χ4v) is 5.02. The monoisotopic (exact) mass is 592 g/mol. The van der Waals surface area contributed by atoms with Gasteiger partial charge in [0.05, 0.1) is 34.5 Å². The molecule has 1 amide bonds. The quantitative estimate of drug-likeness (QED) is 0.158. The van der Waals surface area contributed by atoms with Crippen LogP contribution < -0.4 is 10.6 Å². The van der Waals surface area contributed by atoms with Crippen LogP contribution in [0.15, 0.2) is 61.3 Å². The summed E-state index contributed by atoms with van der Waals surface area (Å²) in [6.45, 7) is 5.50. The van der Waals surface area contributed by atoms with E-state index in [0.29, 0.717) is 63.7 Å². The van der Waals surface area contributed by atoms with Crippen molar-refractivity contribution in [1.82, 2.24) is 40.0 Å². The van der Waals surface area contributed by atoms with Crippen LogP contribution in [-0.2, 0) is 4.79 Å². The average Bonchev–Trinajstić information content (AvgIpc) is 3.60. The number of carbonyl (C=O) groups is 1. The fourth-order valence-electron chi connectivity index (χ4n) is 5.02. The molecule has 11 nitrogen and oxygen atoms in total. The third-order valence-electron chi connectivity index (χ3n) is 7.09. The Morgan fingerprint density at radius 3 is 2.57 bits per heavy atom. The second kappa shape index (κ2) is 12.2. The van der Waals surface area contributed by atoms with Gasteiger partial charge in [0.25, 0.3) is 0 Å². The van der Waals surface area contributed by atoms with Crippen molar-refractivity contribution in [3.05, 3.63) is 67.1 Å². The van der Waals surface area contributed by atoms with Crippen molar-refractivity contribution >= 4 is 39.3 Å². The van der Waals surface area contributed by atoms with Gasteiger partial charge >= 0.3 is 0 Å². The predicted octanol–water partition coefficient (Wildman–Crippen LogP) is 5.72. The normalized spacial score (nSPS) is 11.6. The van der Waals surface area contributed by atoms with E-state index < -0.39 is 0 Å². The number of rotatable bonds is 10. The molecule has 0 saturated carbocycles. The van der Waals surface area contributed by atoms with E-state index in [1.54, 1.807) is 31.0 Å². The maximum Gasteiger partial charge on any atom is 0.224 e. The van der Waals surface area contributed by atoms with E-state index in [9.17, 15) is 9.18 Å². The van der Waals surface area contributed by atoms with E-state index >= 15 is 0 Å². The number of benzene rings is 1. The number of imidazole rings is 1. The minimum absolute atomic E-state index is 0.0570. The van der Waals surface area contributed by atoms with Gasteiger partial charge in [0.1, 0.15) is 11.5 Å². The van der Waals surface area contributed by atoms with E-state index in [0.717, 1.165) is 23.1 Å². The molecule has 6 rings (SSSR count). The molecule has 0 atom stereocenters. The maximum atomic E-state index is 14.7. The van der Waals surface area contributed by atoms with Crippen LogP contribution in [0.3, 0.4) is 0 Å². The van der Waals surface area contributed by atoms with Gasteiger partial charge in [-0.25, -0.2) is 14.4 Å². The number of nitrogens with zero attached hydrogens (tertiary/aromatic N) is 6. The largest absolute Gasteiger partial charge is 0.384 e. The number of aromatic nitrogens is 7. The van der Waals surface area contributed by atoms with Crippen LogP contribution in [0.5, 0.6) is 0 Å². The Kier molecular flexibility index (Phi) is 7.99. The number of hydrogen-bond donors (Lipinski definition) is 4. The Morgan fingerprint density at radius 2 is 1.75 bits per heavy atom. The lowest BCUT2D eigenvalue weighted by molar-refractivity contribution is -0.116. The van der Waals surface area contributed by atoms with Crippen LogP contribution in [0.4, 0.5) is 15.8 Å². The maximum absolute atomic E-state index is 14.7. The van der Waals surface area contributed by atoms with Crippen LogP contribution >= 0.6 is 0 Å². The van der Waals surface area contributed by atoms with E-state index in [1.807, 2.05) is 46.1 Å². The van der Waals surface area contributed by atoms with Gasteiger partial charge in [0.2, 0.25) is 5.91 Å². The van der Waals surface area contributed by atoms with Gasteiger partial charge in [0.15, 0.2) is 11.5 Å². The lowest BCUT2D eigenvalue weighted by Gasteiger charge is -2.12. The zero-order valence-electron chi connectivity index (χ0n) is 24.9. The Balaban J connectivity index is 1.33. The molecule has 0 aliphatic carbocycles. The van der Waals surface area contributed by atoms with Crippen LogP contribution in [0.1, 0.15) is 20.3 Å². The van der Waals surface area contributed by atoms with Crippen molar-refractivity contribution < 1.29 is 9.18 Å². The molecule has 1 aromatic carbocycles. The van der Waals surface area contributed by atoms with Crippen molar-refractivity contribution in [1.29, 1.82) is 0 Å². The van der Waals surface area contributed by atoms with Gasteiger partial charge in [-0.1, -0.05) is 13.8 Å². The summed E-state index contributed by atoms with van der Waals surface area (Å²) in [5.41, 5.74) is 6.80. The number of anilines is 2. The van der Waals surface area contributed by atoms with Crippen molar-refractivity contribution in [2.45, 2.75) is 20.3 Å². The SMILES string of the molecule is CC(C)CC(=O)Nc1cncc(-c2cnc3n[nH]c(-c4nc5c(-c6cc(F)cc(NCCN(C)C)c6)cncc5[nH]4)c3c2)c1.